The maximum absolute atomic E-state index is 5.97. The van der Waals surface area contributed by atoms with Crippen LogP contribution in [0.4, 0.5) is 0 Å². The van der Waals surface area contributed by atoms with Crippen LogP contribution < -0.4 is 4.74 Å². The predicted octanol–water partition coefficient (Wildman–Crippen LogP) is 4.59. The third kappa shape index (κ3) is 2.44. The summed E-state index contributed by atoms with van der Waals surface area (Å²) in [6.45, 7) is 0. The zero-order chi connectivity index (χ0) is 10.7. The van der Waals surface area contributed by atoms with Gasteiger partial charge in [-0.05, 0) is 18.2 Å². The molecule has 2 rings (SSSR count). The summed E-state index contributed by atoms with van der Waals surface area (Å²) in [6, 6.07) is 15.5. The molecule has 75 valence electrons. The maximum Gasteiger partial charge on any atom is 0.147 e. The number of hydrogen-bond acceptors (Lipinski definition) is 1. The molecule has 3 heteroatoms. The molecule has 0 aliphatic carbocycles. The second kappa shape index (κ2) is 4.56. The number of ether oxygens (including phenoxy) is 1. The Hall–Kier alpha value is -1.18. The van der Waals surface area contributed by atoms with Crippen molar-refractivity contribution in [3.05, 3.63) is 58.6 Å². The topological polar surface area (TPSA) is 9.23 Å². The van der Waals surface area contributed by atoms with Crippen molar-refractivity contribution in [1.82, 2.24) is 0 Å². The molecule has 0 heterocycles. The minimum Gasteiger partial charge on any atom is -0.455 e. The van der Waals surface area contributed by atoms with Crippen LogP contribution in [0.15, 0.2) is 42.5 Å². The highest BCUT2D eigenvalue weighted by molar-refractivity contribution is 6.42. The quantitative estimate of drug-likeness (QED) is 0.743. The van der Waals surface area contributed by atoms with Crippen molar-refractivity contribution in [1.29, 1.82) is 0 Å². The van der Waals surface area contributed by atoms with Crippen LogP contribution in [0.5, 0.6) is 11.5 Å². The van der Waals surface area contributed by atoms with Gasteiger partial charge in [0.15, 0.2) is 0 Å². The normalized spacial score (nSPS) is 10.0. The van der Waals surface area contributed by atoms with Crippen molar-refractivity contribution < 1.29 is 4.74 Å². The summed E-state index contributed by atoms with van der Waals surface area (Å²) in [6.07, 6.45) is 0. The Morgan fingerprint density at radius 1 is 1.00 bits per heavy atom. The highest BCUT2D eigenvalue weighted by Crippen LogP contribution is 2.34. The van der Waals surface area contributed by atoms with Gasteiger partial charge in [-0.1, -0.05) is 47.5 Å². The van der Waals surface area contributed by atoms with E-state index in [9.17, 15) is 0 Å². The van der Waals surface area contributed by atoms with Gasteiger partial charge in [0.1, 0.15) is 16.5 Å². The molecule has 0 atom stereocenters. The van der Waals surface area contributed by atoms with E-state index in [2.05, 4.69) is 6.07 Å². The SMILES string of the molecule is Clc1cccc(Oc2[c]cccc2)c1Cl. The molecule has 15 heavy (non-hydrogen) atoms. The van der Waals surface area contributed by atoms with Gasteiger partial charge in [-0.2, -0.15) is 0 Å². The second-order valence-electron chi connectivity index (χ2n) is 2.88. The Morgan fingerprint density at radius 2 is 1.87 bits per heavy atom. The van der Waals surface area contributed by atoms with Crippen LogP contribution in [-0.4, -0.2) is 0 Å². The van der Waals surface area contributed by atoms with E-state index in [-0.39, 0.29) is 0 Å². The van der Waals surface area contributed by atoms with Gasteiger partial charge in [0.25, 0.3) is 0 Å². The summed E-state index contributed by atoms with van der Waals surface area (Å²) in [4.78, 5) is 0. The Labute approximate surface area is 98.2 Å². The number of halogens is 2. The molecule has 0 amide bonds. The molecule has 2 aromatic carbocycles. The summed E-state index contributed by atoms with van der Waals surface area (Å²) in [5.41, 5.74) is 0. The summed E-state index contributed by atoms with van der Waals surface area (Å²) >= 11 is 11.8. The summed E-state index contributed by atoms with van der Waals surface area (Å²) in [5.74, 6) is 1.15. The van der Waals surface area contributed by atoms with Gasteiger partial charge in [0, 0.05) is 6.07 Å². The van der Waals surface area contributed by atoms with Crippen molar-refractivity contribution in [3.8, 4) is 11.5 Å². The van der Waals surface area contributed by atoms with E-state index in [1.165, 1.54) is 0 Å². The first kappa shape index (κ1) is 10.3. The van der Waals surface area contributed by atoms with Crippen molar-refractivity contribution in [2.24, 2.45) is 0 Å². The number of benzene rings is 2. The molecule has 0 saturated carbocycles. The zero-order valence-corrected chi connectivity index (χ0v) is 9.22. The molecular weight excluding hydrogens is 231 g/mol. The number of hydrogen-bond donors (Lipinski definition) is 0. The molecular formula is C12H7Cl2O. The van der Waals surface area contributed by atoms with E-state index < -0.39 is 0 Å². The van der Waals surface area contributed by atoms with E-state index in [1.54, 1.807) is 30.3 Å². The standard InChI is InChI=1S/C12H7Cl2O/c13-10-7-4-8-11(12(10)14)15-9-5-2-1-3-6-9/h1-5,7-8H. The van der Waals surface area contributed by atoms with Crippen LogP contribution in [0.25, 0.3) is 0 Å². The molecule has 2 aromatic rings. The lowest BCUT2D eigenvalue weighted by atomic mass is 10.3. The molecule has 0 N–H and O–H groups in total. The van der Waals surface area contributed by atoms with Gasteiger partial charge in [0.2, 0.25) is 0 Å². The number of para-hydroxylation sites is 1. The molecule has 1 nitrogen and oxygen atoms in total. The van der Waals surface area contributed by atoms with Crippen LogP contribution in [-0.2, 0) is 0 Å². The van der Waals surface area contributed by atoms with Gasteiger partial charge in [-0.15, -0.1) is 0 Å². The van der Waals surface area contributed by atoms with E-state index in [0.717, 1.165) is 0 Å². The first-order valence-electron chi connectivity index (χ1n) is 4.36. The molecule has 0 bridgehead atoms. The predicted molar refractivity (Wildman–Crippen MR) is 61.8 cm³/mol. The average Bonchev–Trinajstić information content (AvgIpc) is 2.26. The van der Waals surface area contributed by atoms with Crippen LogP contribution >= 0.6 is 23.2 Å². The fraction of sp³-hybridized carbons (Fsp3) is 0. The highest BCUT2D eigenvalue weighted by Gasteiger charge is 2.05. The largest absolute Gasteiger partial charge is 0.455 e. The van der Waals surface area contributed by atoms with Gasteiger partial charge >= 0.3 is 0 Å². The summed E-state index contributed by atoms with van der Waals surface area (Å²) < 4.78 is 5.52. The lowest BCUT2D eigenvalue weighted by molar-refractivity contribution is 0.482. The van der Waals surface area contributed by atoms with E-state index in [1.807, 2.05) is 12.1 Å². The van der Waals surface area contributed by atoms with Crippen LogP contribution in [0.1, 0.15) is 0 Å². The summed E-state index contributed by atoms with van der Waals surface area (Å²) in [5, 5.41) is 0.890. The first-order chi connectivity index (χ1) is 7.27. The Bertz CT molecular complexity index is 454. The second-order valence-corrected chi connectivity index (χ2v) is 3.67. The molecule has 0 aliphatic rings. The van der Waals surface area contributed by atoms with E-state index in [0.29, 0.717) is 21.5 Å². The number of rotatable bonds is 2. The average molecular weight is 238 g/mol. The maximum atomic E-state index is 5.97. The lowest BCUT2D eigenvalue weighted by Gasteiger charge is -2.07. The first-order valence-corrected chi connectivity index (χ1v) is 5.11. The van der Waals surface area contributed by atoms with Crippen molar-refractivity contribution in [2.75, 3.05) is 0 Å². The molecule has 1 radical (unpaired) electrons. The van der Waals surface area contributed by atoms with Crippen molar-refractivity contribution in [3.63, 3.8) is 0 Å². The monoisotopic (exact) mass is 237 g/mol. The molecule has 0 unspecified atom stereocenters. The van der Waals surface area contributed by atoms with Crippen LogP contribution in [0.3, 0.4) is 0 Å². The van der Waals surface area contributed by atoms with Crippen LogP contribution in [0, 0.1) is 6.07 Å². The van der Waals surface area contributed by atoms with Crippen LogP contribution in [0.2, 0.25) is 10.0 Å². The van der Waals surface area contributed by atoms with Crippen molar-refractivity contribution in [2.45, 2.75) is 0 Å². The Morgan fingerprint density at radius 3 is 2.60 bits per heavy atom. The Balaban J connectivity index is 2.29. The summed E-state index contributed by atoms with van der Waals surface area (Å²) in [7, 11) is 0. The van der Waals surface area contributed by atoms with E-state index >= 15 is 0 Å². The van der Waals surface area contributed by atoms with Crippen molar-refractivity contribution >= 4 is 23.2 Å². The Kier molecular flexibility index (Phi) is 3.14. The molecule has 0 saturated heterocycles. The van der Waals surface area contributed by atoms with E-state index in [4.69, 9.17) is 27.9 Å². The fourth-order valence-electron chi connectivity index (χ4n) is 1.12. The molecule has 0 fully saturated rings. The fourth-order valence-corrected chi connectivity index (χ4v) is 1.45. The van der Waals surface area contributed by atoms with Gasteiger partial charge in [-0.3, -0.25) is 0 Å². The third-order valence-corrected chi connectivity index (χ3v) is 2.62. The molecule has 0 aliphatic heterocycles. The smallest absolute Gasteiger partial charge is 0.147 e. The minimum atomic E-state index is 0.413. The highest BCUT2D eigenvalue weighted by atomic mass is 35.5. The van der Waals surface area contributed by atoms with Gasteiger partial charge in [0.05, 0.1) is 5.02 Å². The zero-order valence-electron chi connectivity index (χ0n) is 7.71. The molecule has 0 spiro atoms. The lowest BCUT2D eigenvalue weighted by Crippen LogP contribution is -1.85. The van der Waals surface area contributed by atoms with Gasteiger partial charge < -0.3 is 4.74 Å². The third-order valence-electron chi connectivity index (χ3n) is 1.82. The molecule has 0 aromatic heterocycles. The minimum absolute atomic E-state index is 0.413. The van der Waals surface area contributed by atoms with Gasteiger partial charge in [-0.25, -0.2) is 0 Å².